The maximum Gasteiger partial charge on any atom is 0.191 e. The van der Waals surface area contributed by atoms with Crippen LogP contribution in [0.4, 0.5) is 4.39 Å². The number of hydrogen-bond donors (Lipinski definition) is 2. The van der Waals surface area contributed by atoms with Gasteiger partial charge in [-0.2, -0.15) is 0 Å². The van der Waals surface area contributed by atoms with Gasteiger partial charge in [-0.3, -0.25) is 4.99 Å². The molecule has 0 amide bonds. The van der Waals surface area contributed by atoms with Gasteiger partial charge in [0.05, 0.1) is 12.6 Å². The zero-order valence-electron chi connectivity index (χ0n) is 16.6. The van der Waals surface area contributed by atoms with Gasteiger partial charge in [-0.1, -0.05) is 25.5 Å². The molecule has 5 nitrogen and oxygen atoms in total. The van der Waals surface area contributed by atoms with Crippen molar-refractivity contribution in [3.63, 3.8) is 0 Å². The number of nitrogens with one attached hydrogen (secondary N) is 2. The van der Waals surface area contributed by atoms with E-state index in [-0.39, 0.29) is 35.9 Å². The van der Waals surface area contributed by atoms with Gasteiger partial charge in [0.1, 0.15) is 6.10 Å². The van der Waals surface area contributed by atoms with Gasteiger partial charge in [0, 0.05) is 31.0 Å². The Morgan fingerprint density at radius 3 is 2.82 bits per heavy atom. The molecule has 4 rings (SSSR count). The van der Waals surface area contributed by atoms with E-state index in [2.05, 4.69) is 15.6 Å². The molecule has 0 radical (unpaired) electrons. The molecule has 156 valence electrons. The second-order valence-corrected chi connectivity index (χ2v) is 7.98. The number of aliphatic imine (C=N–C) groups is 1. The Balaban J connectivity index is 0.00000225. The molecular weight excluding hydrogens is 472 g/mol. The van der Waals surface area contributed by atoms with Gasteiger partial charge in [-0.25, -0.2) is 4.39 Å². The van der Waals surface area contributed by atoms with E-state index in [0.717, 1.165) is 25.4 Å². The van der Waals surface area contributed by atoms with Crippen molar-refractivity contribution in [3.05, 3.63) is 30.1 Å². The summed E-state index contributed by atoms with van der Waals surface area (Å²) < 4.78 is 25.7. The first-order valence-electron chi connectivity index (χ1n) is 10.2. The Kier molecular flexibility index (Phi) is 7.07. The number of nitrogens with zero attached hydrogens (tertiary/aromatic N) is 1. The third-order valence-electron chi connectivity index (χ3n) is 6.63. The first kappa shape index (κ1) is 21.6. The van der Waals surface area contributed by atoms with Gasteiger partial charge in [-0.05, 0) is 37.8 Å². The van der Waals surface area contributed by atoms with Gasteiger partial charge in [0.25, 0.3) is 0 Å². The van der Waals surface area contributed by atoms with E-state index >= 15 is 0 Å². The SMILES string of the molecule is CCC(CNC(=NC)NC1C2CCOC2C12CCC2)Oc1ccccc1F.I. The average Bonchev–Trinajstić information content (AvgIpc) is 3.06. The van der Waals surface area contributed by atoms with Crippen LogP contribution in [0.5, 0.6) is 5.75 Å². The lowest BCUT2D eigenvalue weighted by Gasteiger charge is -2.63. The molecule has 2 N–H and O–H groups in total. The van der Waals surface area contributed by atoms with E-state index in [0.29, 0.717) is 35.8 Å². The van der Waals surface area contributed by atoms with Crippen molar-refractivity contribution in [1.82, 2.24) is 10.6 Å². The Morgan fingerprint density at radius 1 is 1.39 bits per heavy atom. The zero-order valence-corrected chi connectivity index (χ0v) is 18.9. The van der Waals surface area contributed by atoms with E-state index in [1.165, 1.54) is 25.3 Å². The Bertz CT molecular complexity index is 698. The predicted octanol–water partition coefficient (Wildman–Crippen LogP) is 3.72. The Morgan fingerprint density at radius 2 is 2.18 bits per heavy atom. The fraction of sp³-hybridized carbons (Fsp3) is 0.667. The molecule has 28 heavy (non-hydrogen) atoms. The van der Waals surface area contributed by atoms with Crippen LogP contribution in [0.1, 0.15) is 39.0 Å². The highest BCUT2D eigenvalue weighted by Crippen LogP contribution is 2.62. The highest BCUT2D eigenvalue weighted by Gasteiger charge is 2.66. The second kappa shape index (κ2) is 9.15. The zero-order chi connectivity index (χ0) is 18.9. The first-order chi connectivity index (χ1) is 13.2. The Hall–Kier alpha value is -1.09. The van der Waals surface area contributed by atoms with Crippen molar-refractivity contribution in [1.29, 1.82) is 0 Å². The fourth-order valence-electron chi connectivity index (χ4n) is 5.00. The summed E-state index contributed by atoms with van der Waals surface area (Å²) in [5.74, 6) is 1.37. The van der Waals surface area contributed by atoms with Gasteiger partial charge < -0.3 is 20.1 Å². The fourth-order valence-corrected chi connectivity index (χ4v) is 5.00. The summed E-state index contributed by atoms with van der Waals surface area (Å²) in [5, 5.41) is 7.03. The van der Waals surface area contributed by atoms with E-state index in [1.54, 1.807) is 25.2 Å². The van der Waals surface area contributed by atoms with Crippen molar-refractivity contribution >= 4 is 29.9 Å². The number of ether oxygens (including phenoxy) is 2. The van der Waals surface area contributed by atoms with E-state index in [4.69, 9.17) is 9.47 Å². The lowest BCUT2D eigenvalue weighted by atomic mass is 9.46. The normalized spacial score (nSPS) is 28.4. The maximum absolute atomic E-state index is 13.8. The smallest absolute Gasteiger partial charge is 0.191 e. The first-order valence-corrected chi connectivity index (χ1v) is 10.2. The van der Waals surface area contributed by atoms with Crippen LogP contribution in [0, 0.1) is 17.2 Å². The molecule has 4 unspecified atom stereocenters. The molecule has 1 spiro atoms. The minimum atomic E-state index is -0.327. The molecule has 4 atom stereocenters. The summed E-state index contributed by atoms with van der Waals surface area (Å²) >= 11 is 0. The number of halogens is 2. The minimum absolute atomic E-state index is 0. The molecule has 2 saturated carbocycles. The average molecular weight is 503 g/mol. The molecule has 1 aliphatic heterocycles. The van der Waals surface area contributed by atoms with Crippen molar-refractivity contribution < 1.29 is 13.9 Å². The molecule has 7 heteroatoms. The van der Waals surface area contributed by atoms with Crippen LogP contribution in [0.3, 0.4) is 0 Å². The van der Waals surface area contributed by atoms with E-state index in [1.807, 2.05) is 6.92 Å². The number of hydrogen-bond acceptors (Lipinski definition) is 3. The number of fused-ring (bicyclic) bond motifs is 2. The number of para-hydroxylation sites is 1. The van der Waals surface area contributed by atoms with Crippen LogP contribution in [-0.2, 0) is 4.74 Å². The number of guanidine groups is 1. The summed E-state index contributed by atoms with van der Waals surface area (Å²) in [6.45, 7) is 3.50. The van der Waals surface area contributed by atoms with Crippen molar-refractivity contribution in [3.8, 4) is 5.75 Å². The van der Waals surface area contributed by atoms with Crippen LogP contribution >= 0.6 is 24.0 Å². The highest BCUT2D eigenvalue weighted by atomic mass is 127. The van der Waals surface area contributed by atoms with E-state index in [9.17, 15) is 4.39 Å². The quantitative estimate of drug-likeness (QED) is 0.353. The third kappa shape index (κ3) is 3.84. The van der Waals surface area contributed by atoms with Gasteiger partial charge >= 0.3 is 0 Å². The lowest BCUT2D eigenvalue weighted by Crippen LogP contribution is -2.72. The molecule has 1 saturated heterocycles. The summed E-state index contributed by atoms with van der Waals surface area (Å²) in [6, 6.07) is 6.98. The molecular formula is C21H31FIN3O2. The topological polar surface area (TPSA) is 54.9 Å². The molecule has 1 aromatic carbocycles. The van der Waals surface area contributed by atoms with Gasteiger partial charge in [0.15, 0.2) is 17.5 Å². The summed E-state index contributed by atoms with van der Waals surface area (Å²) in [4.78, 5) is 4.40. The molecule has 2 aliphatic carbocycles. The molecule has 0 bridgehead atoms. The van der Waals surface area contributed by atoms with Crippen LogP contribution in [0.15, 0.2) is 29.3 Å². The van der Waals surface area contributed by atoms with Crippen molar-refractivity contribution in [2.45, 2.75) is 57.3 Å². The lowest BCUT2D eigenvalue weighted by molar-refractivity contribution is -0.171. The number of benzene rings is 1. The van der Waals surface area contributed by atoms with Crippen molar-refractivity contribution in [2.75, 3.05) is 20.2 Å². The van der Waals surface area contributed by atoms with Gasteiger partial charge in [0.2, 0.25) is 0 Å². The minimum Gasteiger partial charge on any atom is -0.486 e. The molecule has 1 aromatic rings. The van der Waals surface area contributed by atoms with Crippen LogP contribution in [0.25, 0.3) is 0 Å². The maximum atomic E-state index is 13.8. The third-order valence-corrected chi connectivity index (χ3v) is 6.63. The van der Waals surface area contributed by atoms with E-state index < -0.39 is 0 Å². The molecule has 3 fully saturated rings. The summed E-state index contributed by atoms with van der Waals surface area (Å²) in [5.41, 5.74) is 0.312. The summed E-state index contributed by atoms with van der Waals surface area (Å²) in [6.07, 6.45) is 6.02. The summed E-state index contributed by atoms with van der Waals surface area (Å²) in [7, 11) is 1.79. The van der Waals surface area contributed by atoms with Crippen LogP contribution < -0.4 is 15.4 Å². The highest BCUT2D eigenvalue weighted by molar-refractivity contribution is 14.0. The van der Waals surface area contributed by atoms with Crippen molar-refractivity contribution in [2.24, 2.45) is 16.3 Å². The second-order valence-electron chi connectivity index (χ2n) is 7.98. The standard InChI is InChI=1S/C21H30FN3O2.HI/c1-3-14(27-17-8-5-4-7-16(17)22)13-24-20(23-2)25-18-15-9-12-26-19(15)21(18)10-6-11-21;/h4-5,7-8,14-15,18-19H,3,6,9-13H2,1-2H3,(H2,23,24,25);1H. The molecule has 1 heterocycles. The molecule has 0 aromatic heterocycles. The largest absolute Gasteiger partial charge is 0.486 e. The predicted molar refractivity (Wildman–Crippen MR) is 119 cm³/mol. The number of rotatable bonds is 6. The van der Waals surface area contributed by atoms with Crippen LogP contribution in [0.2, 0.25) is 0 Å². The Labute approximate surface area is 183 Å². The van der Waals surface area contributed by atoms with Crippen LogP contribution in [-0.4, -0.2) is 44.4 Å². The molecule has 3 aliphatic rings. The monoisotopic (exact) mass is 503 g/mol. The van der Waals surface area contributed by atoms with Gasteiger partial charge in [-0.15, -0.1) is 24.0 Å².